The van der Waals surface area contributed by atoms with Gasteiger partial charge in [-0.1, -0.05) is 0 Å². The van der Waals surface area contributed by atoms with Crippen LogP contribution in [-0.4, -0.2) is 29.9 Å². The summed E-state index contributed by atoms with van der Waals surface area (Å²) in [6, 6.07) is 7.72. The zero-order valence-corrected chi connectivity index (χ0v) is 11.6. The first-order valence-electron chi connectivity index (χ1n) is 6.19. The highest BCUT2D eigenvalue weighted by Crippen LogP contribution is 2.26. The van der Waals surface area contributed by atoms with E-state index < -0.39 is 4.92 Å². The van der Waals surface area contributed by atoms with Crippen LogP contribution in [0.25, 0.3) is 0 Å². The Hall–Kier alpha value is -2.96. The number of nitro benzene ring substituents is 1. The molecule has 0 unspecified atom stereocenters. The van der Waals surface area contributed by atoms with E-state index in [2.05, 4.69) is 10.3 Å². The summed E-state index contributed by atoms with van der Waals surface area (Å²) in [4.78, 5) is 28.2. The fraction of sp³-hybridized carbons (Fsp3) is 0.143. The molecule has 0 atom stereocenters. The van der Waals surface area contributed by atoms with E-state index in [4.69, 9.17) is 0 Å². The summed E-state index contributed by atoms with van der Waals surface area (Å²) >= 11 is 0. The fourth-order valence-corrected chi connectivity index (χ4v) is 1.91. The predicted molar refractivity (Wildman–Crippen MR) is 79.6 cm³/mol. The molecule has 0 aliphatic heterocycles. The number of anilines is 2. The van der Waals surface area contributed by atoms with Crippen molar-refractivity contribution in [3.8, 4) is 0 Å². The average Bonchev–Trinajstić information content (AvgIpc) is 2.53. The van der Waals surface area contributed by atoms with Crippen molar-refractivity contribution in [2.45, 2.75) is 0 Å². The third-order valence-corrected chi connectivity index (χ3v) is 3.07. The van der Waals surface area contributed by atoms with Crippen LogP contribution >= 0.6 is 0 Å². The molecule has 0 aliphatic carbocycles. The topological polar surface area (TPSA) is 88.4 Å². The quantitative estimate of drug-likeness (QED) is 0.688. The fourth-order valence-electron chi connectivity index (χ4n) is 1.91. The van der Waals surface area contributed by atoms with Gasteiger partial charge in [0.1, 0.15) is 5.69 Å². The highest BCUT2D eigenvalue weighted by molar-refractivity contribution is 6.06. The summed E-state index contributed by atoms with van der Waals surface area (Å²) in [5.74, 6) is -0.327. The minimum absolute atomic E-state index is 0.133. The number of aromatic nitrogens is 1. The van der Waals surface area contributed by atoms with Crippen molar-refractivity contribution in [2.75, 3.05) is 24.3 Å². The molecule has 2 aromatic rings. The van der Waals surface area contributed by atoms with Gasteiger partial charge in [-0.3, -0.25) is 19.9 Å². The zero-order valence-electron chi connectivity index (χ0n) is 11.6. The number of carbonyl (C=O) groups excluding carboxylic acids is 1. The monoisotopic (exact) mass is 286 g/mol. The molecule has 1 aromatic heterocycles. The lowest BCUT2D eigenvalue weighted by atomic mass is 10.1. The van der Waals surface area contributed by atoms with Crippen molar-refractivity contribution in [3.05, 3.63) is 58.4 Å². The van der Waals surface area contributed by atoms with E-state index in [1.807, 2.05) is 0 Å². The van der Waals surface area contributed by atoms with E-state index in [1.54, 1.807) is 44.7 Å². The van der Waals surface area contributed by atoms with Gasteiger partial charge in [-0.15, -0.1) is 0 Å². The Kier molecular flexibility index (Phi) is 4.13. The van der Waals surface area contributed by atoms with Crippen LogP contribution in [0.4, 0.5) is 17.1 Å². The number of pyridine rings is 1. The van der Waals surface area contributed by atoms with Gasteiger partial charge in [0.2, 0.25) is 0 Å². The Morgan fingerprint density at radius 2 is 1.95 bits per heavy atom. The van der Waals surface area contributed by atoms with Gasteiger partial charge in [0.05, 0.1) is 4.92 Å². The molecular weight excluding hydrogens is 272 g/mol. The smallest absolute Gasteiger partial charge is 0.293 e. The van der Waals surface area contributed by atoms with Crippen LogP contribution in [-0.2, 0) is 0 Å². The van der Waals surface area contributed by atoms with Crippen molar-refractivity contribution in [2.24, 2.45) is 0 Å². The first-order valence-corrected chi connectivity index (χ1v) is 6.19. The number of carbonyl (C=O) groups is 1. The second-order valence-electron chi connectivity index (χ2n) is 4.31. The molecule has 0 saturated carbocycles. The van der Waals surface area contributed by atoms with E-state index in [0.29, 0.717) is 11.4 Å². The van der Waals surface area contributed by atoms with Crippen LogP contribution in [0.2, 0.25) is 0 Å². The number of nitro groups is 1. The van der Waals surface area contributed by atoms with Crippen LogP contribution in [0.3, 0.4) is 0 Å². The van der Waals surface area contributed by atoms with E-state index in [-0.39, 0.29) is 17.2 Å². The standard InChI is InChI=1S/C14H14N4O3/c1-15-12-4-3-10(9-13(12)18(20)21)14(19)17(2)11-5-7-16-8-6-11/h3-9,15H,1-2H3. The molecule has 108 valence electrons. The lowest BCUT2D eigenvalue weighted by molar-refractivity contribution is -0.384. The van der Waals surface area contributed by atoms with Gasteiger partial charge in [0.25, 0.3) is 11.6 Å². The van der Waals surface area contributed by atoms with Crippen LogP contribution in [0.1, 0.15) is 10.4 Å². The highest BCUT2D eigenvalue weighted by atomic mass is 16.6. The molecule has 0 spiro atoms. The van der Waals surface area contributed by atoms with Crippen LogP contribution in [0.15, 0.2) is 42.7 Å². The lowest BCUT2D eigenvalue weighted by Crippen LogP contribution is -2.26. The molecule has 21 heavy (non-hydrogen) atoms. The molecular formula is C14H14N4O3. The number of hydrogen-bond acceptors (Lipinski definition) is 5. The van der Waals surface area contributed by atoms with Crippen LogP contribution in [0, 0.1) is 10.1 Å². The summed E-state index contributed by atoms with van der Waals surface area (Å²) in [5, 5.41) is 13.8. The maximum absolute atomic E-state index is 12.4. The third kappa shape index (κ3) is 2.97. The molecule has 0 bridgehead atoms. The number of amides is 1. The largest absolute Gasteiger partial charge is 0.383 e. The first-order chi connectivity index (χ1) is 10.0. The number of nitrogens with zero attached hydrogens (tertiary/aromatic N) is 3. The van der Waals surface area contributed by atoms with Gasteiger partial charge >= 0.3 is 0 Å². The number of nitrogens with one attached hydrogen (secondary N) is 1. The predicted octanol–water partition coefficient (Wildman–Crippen LogP) is 2.31. The van der Waals surface area contributed by atoms with Crippen molar-refractivity contribution in [1.82, 2.24) is 4.98 Å². The minimum Gasteiger partial charge on any atom is -0.383 e. The summed E-state index contributed by atoms with van der Waals surface area (Å²) in [6.07, 6.45) is 3.15. The Labute approximate surface area is 121 Å². The molecule has 0 radical (unpaired) electrons. The SMILES string of the molecule is CNc1ccc(C(=O)N(C)c2ccncc2)cc1[N+](=O)[O-]. The van der Waals surface area contributed by atoms with Gasteiger partial charge < -0.3 is 10.2 Å². The van der Waals surface area contributed by atoms with Gasteiger partial charge in [0, 0.05) is 43.8 Å². The van der Waals surface area contributed by atoms with Crippen LogP contribution < -0.4 is 10.2 Å². The third-order valence-electron chi connectivity index (χ3n) is 3.07. The number of benzene rings is 1. The lowest BCUT2D eigenvalue weighted by Gasteiger charge is -2.17. The van der Waals surface area contributed by atoms with Crippen molar-refractivity contribution in [3.63, 3.8) is 0 Å². The minimum atomic E-state index is -0.519. The van der Waals surface area contributed by atoms with Gasteiger partial charge in [-0.25, -0.2) is 0 Å². The van der Waals surface area contributed by atoms with Gasteiger partial charge in [-0.05, 0) is 24.3 Å². The normalized spacial score (nSPS) is 10.0. The number of hydrogen-bond donors (Lipinski definition) is 1. The van der Waals surface area contributed by atoms with Crippen molar-refractivity contribution < 1.29 is 9.72 Å². The maximum atomic E-state index is 12.4. The molecule has 1 heterocycles. The van der Waals surface area contributed by atoms with Crippen LogP contribution in [0.5, 0.6) is 0 Å². The molecule has 0 fully saturated rings. The summed E-state index contributed by atoms with van der Waals surface area (Å²) in [5.41, 5.74) is 1.14. The summed E-state index contributed by atoms with van der Waals surface area (Å²) < 4.78 is 0. The Bertz CT molecular complexity index is 673. The van der Waals surface area contributed by atoms with E-state index >= 15 is 0 Å². The first kappa shape index (κ1) is 14.4. The Balaban J connectivity index is 2.36. The molecule has 0 aliphatic rings. The maximum Gasteiger partial charge on any atom is 0.293 e. The van der Waals surface area contributed by atoms with Gasteiger partial charge in [0.15, 0.2) is 0 Å². The van der Waals surface area contributed by atoms with Gasteiger partial charge in [-0.2, -0.15) is 0 Å². The molecule has 0 saturated heterocycles. The zero-order chi connectivity index (χ0) is 15.4. The molecule has 7 nitrogen and oxygen atoms in total. The average molecular weight is 286 g/mol. The highest BCUT2D eigenvalue weighted by Gasteiger charge is 2.19. The second kappa shape index (κ2) is 6.00. The second-order valence-corrected chi connectivity index (χ2v) is 4.31. The van der Waals surface area contributed by atoms with E-state index in [9.17, 15) is 14.9 Å². The Morgan fingerprint density at radius 3 is 2.52 bits per heavy atom. The van der Waals surface area contributed by atoms with E-state index in [0.717, 1.165) is 0 Å². The Morgan fingerprint density at radius 1 is 1.29 bits per heavy atom. The molecule has 1 aromatic carbocycles. The number of rotatable bonds is 4. The molecule has 2 rings (SSSR count). The van der Waals surface area contributed by atoms with Crippen molar-refractivity contribution in [1.29, 1.82) is 0 Å². The molecule has 7 heteroatoms. The van der Waals surface area contributed by atoms with Crippen molar-refractivity contribution >= 4 is 23.0 Å². The summed E-state index contributed by atoms with van der Waals surface area (Å²) in [7, 11) is 3.20. The molecule has 1 amide bonds. The summed E-state index contributed by atoms with van der Waals surface area (Å²) in [6.45, 7) is 0. The van der Waals surface area contributed by atoms with E-state index in [1.165, 1.54) is 17.0 Å². The molecule has 1 N–H and O–H groups in total.